The number of benzene rings is 4. The second kappa shape index (κ2) is 16.6. The first-order chi connectivity index (χ1) is 23.8. The van der Waals surface area contributed by atoms with Crippen LogP contribution in [0.3, 0.4) is 0 Å². The highest BCUT2D eigenvalue weighted by atomic mass is 16.5. The summed E-state index contributed by atoms with van der Waals surface area (Å²) in [6, 6.07) is 28.1. The van der Waals surface area contributed by atoms with Gasteiger partial charge in [0.25, 0.3) is 5.91 Å². The van der Waals surface area contributed by atoms with E-state index in [2.05, 4.69) is 17.6 Å². The van der Waals surface area contributed by atoms with Gasteiger partial charge in [-0.1, -0.05) is 75.1 Å². The molecule has 1 fully saturated rings. The van der Waals surface area contributed by atoms with Gasteiger partial charge < -0.3 is 25.2 Å². The number of nitrogens with one attached hydrogen (secondary N) is 2. The molecule has 0 radical (unpaired) electrons. The van der Waals surface area contributed by atoms with Gasteiger partial charge in [0, 0.05) is 17.7 Å². The number of carboxylic acid groups (broad SMARTS) is 1. The summed E-state index contributed by atoms with van der Waals surface area (Å²) in [5.74, 6) is -1.35. The summed E-state index contributed by atoms with van der Waals surface area (Å²) in [5, 5.41) is 15.3. The molecule has 0 aromatic heterocycles. The Kier molecular flexibility index (Phi) is 11.8. The Labute approximate surface area is 286 Å². The van der Waals surface area contributed by atoms with Crippen LogP contribution in [0.5, 0.6) is 11.5 Å². The maximum atomic E-state index is 13.0. The minimum absolute atomic E-state index is 0.0189. The second-order valence-electron chi connectivity index (χ2n) is 12.4. The summed E-state index contributed by atoms with van der Waals surface area (Å²) >= 11 is 0. The summed E-state index contributed by atoms with van der Waals surface area (Å²) in [7, 11) is 0. The minimum Gasteiger partial charge on any atom is -0.494 e. The summed E-state index contributed by atoms with van der Waals surface area (Å²) < 4.78 is 11.3. The quantitative estimate of drug-likeness (QED) is 0.0612. The molecule has 9 heteroatoms. The minimum atomic E-state index is -1.20. The van der Waals surface area contributed by atoms with Crippen molar-refractivity contribution in [1.29, 1.82) is 0 Å². The molecule has 254 valence electrons. The molecule has 4 aromatic rings. The molecule has 4 aromatic carbocycles. The molecule has 3 N–H and O–H groups in total. The van der Waals surface area contributed by atoms with Crippen molar-refractivity contribution in [3.63, 3.8) is 0 Å². The average Bonchev–Trinajstić information content (AvgIpc) is 3.94. The molecule has 0 saturated heterocycles. The molecule has 1 atom stereocenters. The molecule has 5 rings (SSSR count). The van der Waals surface area contributed by atoms with Gasteiger partial charge in [-0.2, -0.15) is 0 Å². The van der Waals surface area contributed by atoms with E-state index < -0.39 is 29.3 Å². The van der Waals surface area contributed by atoms with Crippen LogP contribution in [-0.2, 0) is 21.4 Å². The van der Waals surface area contributed by atoms with Crippen LogP contribution in [0, 0.1) is 0 Å². The van der Waals surface area contributed by atoms with E-state index in [4.69, 9.17) is 9.47 Å². The molecule has 1 unspecified atom stereocenters. The van der Waals surface area contributed by atoms with Crippen molar-refractivity contribution >= 4 is 29.4 Å². The molecule has 0 aliphatic heterocycles. The van der Waals surface area contributed by atoms with E-state index in [0.29, 0.717) is 34.9 Å². The number of hydrogen-bond donors (Lipinski definition) is 3. The average molecular weight is 663 g/mol. The predicted molar refractivity (Wildman–Crippen MR) is 187 cm³/mol. The van der Waals surface area contributed by atoms with Gasteiger partial charge in [-0.05, 0) is 91.1 Å². The Bertz CT molecular complexity index is 1720. The van der Waals surface area contributed by atoms with Gasteiger partial charge in [-0.25, -0.2) is 9.59 Å². The van der Waals surface area contributed by atoms with Crippen LogP contribution >= 0.6 is 0 Å². The first-order valence-electron chi connectivity index (χ1n) is 16.8. The lowest BCUT2D eigenvalue weighted by Crippen LogP contribution is -2.42. The molecular weight excluding hydrogens is 620 g/mol. The van der Waals surface area contributed by atoms with E-state index in [9.17, 15) is 24.3 Å². The van der Waals surface area contributed by atoms with Crippen molar-refractivity contribution in [1.82, 2.24) is 5.32 Å². The smallest absolute Gasteiger partial charge is 0.343 e. The number of anilines is 1. The molecular formula is C40H42N2O7. The van der Waals surface area contributed by atoms with Crippen molar-refractivity contribution in [2.75, 3.05) is 11.9 Å². The Morgan fingerprint density at radius 1 is 0.755 bits per heavy atom. The number of unbranched alkanes of at least 4 members (excludes halogenated alkanes) is 4. The van der Waals surface area contributed by atoms with Crippen molar-refractivity contribution in [2.24, 2.45) is 0 Å². The Balaban J connectivity index is 1.09. The third-order valence-corrected chi connectivity index (χ3v) is 8.70. The van der Waals surface area contributed by atoms with Crippen LogP contribution in [0.2, 0.25) is 0 Å². The molecule has 0 bridgehead atoms. The Morgan fingerprint density at radius 3 is 2.02 bits per heavy atom. The number of aliphatic carboxylic acids is 1. The zero-order valence-electron chi connectivity index (χ0n) is 27.7. The van der Waals surface area contributed by atoms with E-state index >= 15 is 0 Å². The molecule has 1 aliphatic rings. The Morgan fingerprint density at radius 2 is 1.39 bits per heavy atom. The standard InChI is InChI=1S/C40H42N2O7/c1-2-3-4-5-9-26-48-33-22-16-30(17-23-33)38(46)49-34-20-12-28(13-21-34)27-35(37(44)45)42-36(43)29-14-18-32(19-15-29)41-39(47)40(24-25-40)31-10-7-6-8-11-31/h6-8,10-23,35H,2-5,9,24-27H2,1H3,(H,41,47)(H,42,43)(H,44,45). The number of carbonyl (C=O) groups is 4. The SMILES string of the molecule is CCCCCCCOc1ccc(C(=O)Oc2ccc(CC(NC(=O)c3ccc(NC(=O)C4(c5ccccc5)CC4)cc3)C(=O)O)cc2)cc1. The number of esters is 1. The highest BCUT2D eigenvalue weighted by Crippen LogP contribution is 2.48. The lowest BCUT2D eigenvalue weighted by Gasteiger charge is -2.17. The van der Waals surface area contributed by atoms with Gasteiger partial charge in [0.2, 0.25) is 5.91 Å². The summed E-state index contributed by atoms with van der Waals surface area (Å²) in [6.07, 6.45) is 7.34. The molecule has 0 spiro atoms. The maximum absolute atomic E-state index is 13.0. The fourth-order valence-corrected chi connectivity index (χ4v) is 5.60. The largest absolute Gasteiger partial charge is 0.494 e. The zero-order chi connectivity index (χ0) is 34.6. The molecule has 49 heavy (non-hydrogen) atoms. The van der Waals surface area contributed by atoms with Crippen molar-refractivity contribution < 1.29 is 33.8 Å². The number of carbonyl (C=O) groups excluding carboxylic acids is 3. The third kappa shape index (κ3) is 9.56. The fraction of sp³-hybridized carbons (Fsp3) is 0.300. The number of amides is 2. The molecule has 2 amide bonds. The first kappa shape index (κ1) is 34.9. The monoisotopic (exact) mass is 662 g/mol. The highest BCUT2D eigenvalue weighted by Gasteiger charge is 2.51. The lowest BCUT2D eigenvalue weighted by molar-refractivity contribution is -0.139. The third-order valence-electron chi connectivity index (χ3n) is 8.70. The normalized spacial score (nSPS) is 13.5. The first-order valence-corrected chi connectivity index (χ1v) is 16.8. The molecule has 0 heterocycles. The maximum Gasteiger partial charge on any atom is 0.343 e. The second-order valence-corrected chi connectivity index (χ2v) is 12.4. The van der Waals surface area contributed by atoms with Crippen LogP contribution in [0.25, 0.3) is 0 Å². The van der Waals surface area contributed by atoms with Gasteiger partial charge >= 0.3 is 11.9 Å². The van der Waals surface area contributed by atoms with Crippen LogP contribution < -0.4 is 20.1 Å². The number of rotatable bonds is 17. The molecule has 1 aliphatic carbocycles. The lowest BCUT2D eigenvalue weighted by atomic mass is 9.95. The zero-order valence-corrected chi connectivity index (χ0v) is 27.7. The van der Waals surface area contributed by atoms with Crippen LogP contribution in [0.4, 0.5) is 5.69 Å². The summed E-state index contributed by atoms with van der Waals surface area (Å²) in [4.78, 5) is 50.7. The topological polar surface area (TPSA) is 131 Å². The number of hydrogen-bond acceptors (Lipinski definition) is 6. The van der Waals surface area contributed by atoms with Gasteiger partial charge in [0.1, 0.15) is 17.5 Å². The predicted octanol–water partition coefficient (Wildman–Crippen LogP) is 7.35. The van der Waals surface area contributed by atoms with Crippen molar-refractivity contribution in [2.45, 2.75) is 69.7 Å². The van der Waals surface area contributed by atoms with Gasteiger partial charge in [0.15, 0.2) is 0 Å². The fourth-order valence-electron chi connectivity index (χ4n) is 5.60. The van der Waals surface area contributed by atoms with Crippen LogP contribution in [-0.4, -0.2) is 41.5 Å². The van der Waals surface area contributed by atoms with Gasteiger partial charge in [-0.3, -0.25) is 9.59 Å². The van der Waals surface area contributed by atoms with E-state index in [1.807, 2.05) is 30.3 Å². The number of carboxylic acids is 1. The van der Waals surface area contributed by atoms with Crippen molar-refractivity contribution in [3.05, 3.63) is 125 Å². The van der Waals surface area contributed by atoms with Gasteiger partial charge in [-0.15, -0.1) is 0 Å². The van der Waals surface area contributed by atoms with Crippen LogP contribution in [0.15, 0.2) is 103 Å². The van der Waals surface area contributed by atoms with E-state index in [1.54, 1.807) is 72.8 Å². The summed E-state index contributed by atoms with van der Waals surface area (Å²) in [6.45, 7) is 2.82. The van der Waals surface area contributed by atoms with E-state index in [1.165, 1.54) is 19.3 Å². The molecule has 1 saturated carbocycles. The van der Waals surface area contributed by atoms with Crippen molar-refractivity contribution in [3.8, 4) is 11.5 Å². The van der Waals surface area contributed by atoms with Crippen LogP contribution in [0.1, 0.15) is 83.7 Å². The summed E-state index contributed by atoms with van der Waals surface area (Å²) in [5.41, 5.74) is 2.28. The van der Waals surface area contributed by atoms with E-state index in [0.717, 1.165) is 31.2 Å². The highest BCUT2D eigenvalue weighted by molar-refractivity contribution is 6.02. The molecule has 9 nitrogen and oxygen atoms in total. The Hall–Kier alpha value is -5.44. The van der Waals surface area contributed by atoms with E-state index in [-0.39, 0.29) is 17.9 Å². The van der Waals surface area contributed by atoms with Gasteiger partial charge in [0.05, 0.1) is 17.6 Å². The number of ether oxygens (including phenoxy) is 2.